The van der Waals surface area contributed by atoms with Crippen LogP contribution in [0.1, 0.15) is 0 Å². The maximum Gasteiger partial charge on any atom is 0.321 e. The number of rotatable bonds is 5. The molecule has 0 aliphatic rings. The lowest BCUT2D eigenvalue weighted by atomic mass is 10.1. The van der Waals surface area contributed by atoms with Gasteiger partial charge in [-0.2, -0.15) is 0 Å². The second-order valence-corrected chi connectivity index (χ2v) is 5.72. The monoisotopic (exact) mass is 338 g/mol. The van der Waals surface area contributed by atoms with Gasteiger partial charge in [-0.3, -0.25) is 0 Å². The summed E-state index contributed by atoms with van der Waals surface area (Å²) >= 11 is 0. The third-order valence-corrected chi connectivity index (χ3v) is 3.86. The summed E-state index contributed by atoms with van der Waals surface area (Å²) < 4.78 is 18.3. The fraction of sp³-hybridized carbons (Fsp3) is 0.150. The van der Waals surface area contributed by atoms with Crippen molar-refractivity contribution < 1.29 is 13.9 Å². The van der Waals surface area contributed by atoms with E-state index in [-0.39, 0.29) is 11.8 Å². The molecule has 0 aromatic heterocycles. The zero-order chi connectivity index (χ0) is 17.6. The van der Waals surface area contributed by atoms with Crippen LogP contribution in [0.3, 0.4) is 0 Å². The molecule has 0 aliphatic carbocycles. The summed E-state index contributed by atoms with van der Waals surface area (Å²) in [4.78, 5) is 13.8. The van der Waals surface area contributed by atoms with Gasteiger partial charge in [0.1, 0.15) is 18.2 Å². The van der Waals surface area contributed by atoms with Gasteiger partial charge in [0, 0.05) is 12.7 Å². The first kappa shape index (κ1) is 16.8. The molecule has 128 valence electrons. The highest BCUT2D eigenvalue weighted by atomic mass is 19.1. The van der Waals surface area contributed by atoms with Crippen LogP contribution >= 0.6 is 0 Å². The lowest BCUT2D eigenvalue weighted by molar-refractivity contribution is 0.207. The molecule has 3 rings (SSSR count). The molecular weight excluding hydrogens is 319 g/mol. The Morgan fingerprint density at radius 1 is 1.04 bits per heavy atom. The number of amides is 2. The molecule has 0 atom stereocenters. The molecule has 4 nitrogen and oxygen atoms in total. The molecule has 0 fully saturated rings. The Bertz CT molecular complexity index is 865. The highest BCUT2D eigenvalue weighted by Crippen LogP contribution is 2.19. The predicted molar refractivity (Wildman–Crippen MR) is 97.5 cm³/mol. The van der Waals surface area contributed by atoms with Gasteiger partial charge in [-0.25, -0.2) is 9.18 Å². The SMILES string of the molecule is CN(CCOc1ccc(F)cc1)C(=O)Nc1ccc2ccccc2c1. The average Bonchev–Trinajstić information content (AvgIpc) is 2.63. The second kappa shape index (κ2) is 7.66. The van der Waals surface area contributed by atoms with Crippen LogP contribution in [0.15, 0.2) is 66.7 Å². The molecule has 0 heterocycles. The van der Waals surface area contributed by atoms with Crippen LogP contribution in [0, 0.1) is 5.82 Å². The van der Waals surface area contributed by atoms with Crippen LogP contribution in [0.5, 0.6) is 5.75 Å². The molecule has 0 aliphatic heterocycles. The van der Waals surface area contributed by atoms with E-state index in [9.17, 15) is 9.18 Å². The summed E-state index contributed by atoms with van der Waals surface area (Å²) in [5, 5.41) is 5.07. The molecule has 1 N–H and O–H groups in total. The number of halogens is 1. The molecular formula is C20H19FN2O2. The summed E-state index contributed by atoms with van der Waals surface area (Å²) in [6, 6.07) is 19.4. The number of hydrogen-bond acceptors (Lipinski definition) is 2. The van der Waals surface area contributed by atoms with E-state index in [1.54, 1.807) is 24.1 Å². The first-order valence-corrected chi connectivity index (χ1v) is 8.01. The number of carbonyl (C=O) groups excluding carboxylic acids is 1. The van der Waals surface area contributed by atoms with E-state index in [0.717, 1.165) is 16.5 Å². The van der Waals surface area contributed by atoms with Gasteiger partial charge in [-0.1, -0.05) is 30.3 Å². The van der Waals surface area contributed by atoms with Crippen molar-refractivity contribution in [2.75, 3.05) is 25.5 Å². The normalized spacial score (nSPS) is 10.5. The van der Waals surface area contributed by atoms with Gasteiger partial charge in [-0.05, 0) is 47.2 Å². The van der Waals surface area contributed by atoms with E-state index in [0.29, 0.717) is 18.9 Å². The van der Waals surface area contributed by atoms with E-state index in [4.69, 9.17) is 4.74 Å². The molecule has 0 saturated carbocycles. The molecule has 2 amide bonds. The second-order valence-electron chi connectivity index (χ2n) is 5.72. The van der Waals surface area contributed by atoms with Crippen molar-refractivity contribution in [1.29, 1.82) is 0 Å². The Kier molecular flexibility index (Phi) is 5.14. The number of ether oxygens (including phenoxy) is 1. The minimum Gasteiger partial charge on any atom is -0.492 e. The van der Waals surface area contributed by atoms with Crippen molar-refractivity contribution in [3.05, 3.63) is 72.5 Å². The first-order valence-electron chi connectivity index (χ1n) is 8.01. The maximum atomic E-state index is 12.8. The van der Waals surface area contributed by atoms with E-state index < -0.39 is 0 Å². The minimum atomic E-state index is -0.306. The lowest BCUT2D eigenvalue weighted by Crippen LogP contribution is -2.34. The number of benzene rings is 3. The van der Waals surface area contributed by atoms with Crippen LogP contribution in [-0.4, -0.2) is 31.1 Å². The first-order chi connectivity index (χ1) is 12.1. The molecule has 0 spiro atoms. The maximum absolute atomic E-state index is 12.8. The number of nitrogens with zero attached hydrogens (tertiary/aromatic N) is 1. The number of fused-ring (bicyclic) bond motifs is 1. The fourth-order valence-corrected chi connectivity index (χ4v) is 2.42. The van der Waals surface area contributed by atoms with Gasteiger partial charge >= 0.3 is 6.03 Å². The highest BCUT2D eigenvalue weighted by Gasteiger charge is 2.09. The van der Waals surface area contributed by atoms with Crippen LogP contribution in [-0.2, 0) is 0 Å². The van der Waals surface area contributed by atoms with Gasteiger partial charge in [-0.15, -0.1) is 0 Å². The Morgan fingerprint density at radius 2 is 1.76 bits per heavy atom. The van der Waals surface area contributed by atoms with Crippen LogP contribution in [0.2, 0.25) is 0 Å². The fourth-order valence-electron chi connectivity index (χ4n) is 2.42. The van der Waals surface area contributed by atoms with Crippen molar-refractivity contribution in [3.63, 3.8) is 0 Å². The summed E-state index contributed by atoms with van der Waals surface area (Å²) in [6.45, 7) is 0.740. The van der Waals surface area contributed by atoms with Gasteiger partial charge < -0.3 is 15.0 Å². The number of carbonyl (C=O) groups is 1. The molecule has 0 saturated heterocycles. The number of hydrogen-bond donors (Lipinski definition) is 1. The van der Waals surface area contributed by atoms with Gasteiger partial charge in [0.2, 0.25) is 0 Å². The van der Waals surface area contributed by atoms with Crippen LogP contribution in [0.4, 0.5) is 14.9 Å². The van der Waals surface area contributed by atoms with Crippen molar-refractivity contribution in [2.45, 2.75) is 0 Å². The number of nitrogens with one attached hydrogen (secondary N) is 1. The zero-order valence-electron chi connectivity index (χ0n) is 13.9. The standard InChI is InChI=1S/C20H19FN2O2/c1-23(12-13-25-19-10-7-17(21)8-11-19)20(24)22-18-9-6-15-4-2-3-5-16(15)14-18/h2-11,14H,12-13H2,1H3,(H,22,24). The molecule has 0 unspecified atom stereocenters. The van der Waals surface area contributed by atoms with Gasteiger partial charge in [0.25, 0.3) is 0 Å². The van der Waals surface area contributed by atoms with Crippen molar-refractivity contribution in [2.24, 2.45) is 0 Å². The van der Waals surface area contributed by atoms with Crippen LogP contribution < -0.4 is 10.1 Å². The Hall–Kier alpha value is -3.08. The molecule has 0 bridgehead atoms. The Balaban J connectivity index is 1.52. The summed E-state index contributed by atoms with van der Waals surface area (Å²) in [6.07, 6.45) is 0. The number of likely N-dealkylation sites (N-methyl/N-ethyl adjacent to an activating group) is 1. The molecule has 3 aromatic carbocycles. The van der Waals surface area contributed by atoms with Crippen molar-refractivity contribution in [3.8, 4) is 5.75 Å². The third kappa shape index (κ3) is 4.47. The molecule has 3 aromatic rings. The largest absolute Gasteiger partial charge is 0.492 e. The average molecular weight is 338 g/mol. The predicted octanol–water partition coefficient (Wildman–Crippen LogP) is 4.52. The summed E-state index contributed by atoms with van der Waals surface area (Å²) in [5.74, 6) is 0.268. The molecule has 25 heavy (non-hydrogen) atoms. The van der Waals surface area contributed by atoms with Gasteiger partial charge in [0.05, 0.1) is 6.54 Å². The topological polar surface area (TPSA) is 41.6 Å². The third-order valence-electron chi connectivity index (χ3n) is 3.86. The van der Waals surface area contributed by atoms with E-state index in [1.165, 1.54) is 12.1 Å². The Morgan fingerprint density at radius 3 is 2.52 bits per heavy atom. The molecule has 5 heteroatoms. The van der Waals surface area contributed by atoms with E-state index >= 15 is 0 Å². The number of anilines is 1. The smallest absolute Gasteiger partial charge is 0.321 e. The van der Waals surface area contributed by atoms with Crippen molar-refractivity contribution in [1.82, 2.24) is 4.90 Å². The van der Waals surface area contributed by atoms with Gasteiger partial charge in [0.15, 0.2) is 0 Å². The summed E-state index contributed by atoms with van der Waals surface area (Å²) in [5.41, 5.74) is 0.745. The molecule has 0 radical (unpaired) electrons. The number of urea groups is 1. The van der Waals surface area contributed by atoms with E-state index in [2.05, 4.69) is 5.32 Å². The highest BCUT2D eigenvalue weighted by molar-refractivity contribution is 5.93. The summed E-state index contributed by atoms with van der Waals surface area (Å²) in [7, 11) is 1.70. The Labute approximate surface area is 145 Å². The van der Waals surface area contributed by atoms with Crippen molar-refractivity contribution >= 4 is 22.5 Å². The van der Waals surface area contributed by atoms with Crippen LogP contribution in [0.25, 0.3) is 10.8 Å². The van der Waals surface area contributed by atoms with E-state index in [1.807, 2.05) is 42.5 Å². The quantitative estimate of drug-likeness (QED) is 0.743. The minimum absolute atomic E-state index is 0.210. The zero-order valence-corrected chi connectivity index (χ0v) is 13.9. The lowest BCUT2D eigenvalue weighted by Gasteiger charge is -2.18.